The van der Waals surface area contributed by atoms with Crippen LogP contribution in [0.1, 0.15) is 24.5 Å². The third-order valence-corrected chi connectivity index (χ3v) is 4.61. The molecule has 0 saturated heterocycles. The third-order valence-electron chi connectivity index (χ3n) is 4.61. The van der Waals surface area contributed by atoms with Gasteiger partial charge in [-0.1, -0.05) is 67.6 Å². The van der Waals surface area contributed by atoms with Crippen LogP contribution < -0.4 is 0 Å². The number of nitrogens with zero attached hydrogens (tertiary/aromatic N) is 1. The number of hydrogen-bond acceptors (Lipinski definition) is 1. The van der Waals surface area contributed by atoms with E-state index in [1.54, 1.807) is 0 Å². The Labute approximate surface area is 114 Å². The van der Waals surface area contributed by atoms with Crippen molar-refractivity contribution in [3.8, 4) is 6.07 Å². The molecule has 1 aliphatic rings. The molecule has 0 unspecified atom stereocenters. The van der Waals surface area contributed by atoms with Gasteiger partial charge in [0.25, 0.3) is 0 Å². The Hall–Kier alpha value is -2.07. The van der Waals surface area contributed by atoms with E-state index < -0.39 is 0 Å². The van der Waals surface area contributed by atoms with Gasteiger partial charge in [0, 0.05) is 11.8 Å². The highest BCUT2D eigenvalue weighted by molar-refractivity contribution is 5.49. The summed E-state index contributed by atoms with van der Waals surface area (Å²) in [5.74, 6) is 0.958. The van der Waals surface area contributed by atoms with Crippen LogP contribution in [0.2, 0.25) is 0 Å². The molecule has 3 rings (SSSR count). The van der Waals surface area contributed by atoms with Gasteiger partial charge in [-0.15, -0.1) is 0 Å². The van der Waals surface area contributed by atoms with Crippen molar-refractivity contribution in [1.82, 2.24) is 0 Å². The lowest BCUT2D eigenvalue weighted by Gasteiger charge is -2.19. The largest absolute Gasteiger partial charge is 0.198 e. The van der Waals surface area contributed by atoms with Crippen molar-refractivity contribution in [1.29, 1.82) is 5.26 Å². The standard InChI is InChI=1S/C18H17N/c1-14-17(12-13-19)18(14,15-8-4-2-5-9-15)16-10-6-3-7-11-16/h2-11,14,17H,12H2,1H3/t14-,17-/m1/s1. The molecule has 1 aliphatic carbocycles. The Kier molecular flexibility index (Phi) is 2.87. The van der Waals surface area contributed by atoms with Crippen molar-refractivity contribution in [3.63, 3.8) is 0 Å². The quantitative estimate of drug-likeness (QED) is 0.799. The Balaban J connectivity index is 2.12. The monoisotopic (exact) mass is 247 g/mol. The van der Waals surface area contributed by atoms with Gasteiger partial charge in [0.05, 0.1) is 6.07 Å². The van der Waals surface area contributed by atoms with Crippen LogP contribution in [0.5, 0.6) is 0 Å². The Bertz CT molecular complexity index is 555. The maximum atomic E-state index is 9.07. The van der Waals surface area contributed by atoms with E-state index in [4.69, 9.17) is 5.26 Å². The van der Waals surface area contributed by atoms with Crippen LogP contribution in [-0.4, -0.2) is 0 Å². The molecule has 1 saturated carbocycles. The topological polar surface area (TPSA) is 23.8 Å². The first-order chi connectivity index (χ1) is 9.31. The molecule has 2 atom stereocenters. The molecule has 19 heavy (non-hydrogen) atoms. The Morgan fingerprint density at radius 3 is 1.84 bits per heavy atom. The lowest BCUT2D eigenvalue weighted by Crippen LogP contribution is -2.13. The van der Waals surface area contributed by atoms with Crippen molar-refractivity contribution in [2.75, 3.05) is 0 Å². The molecule has 2 aromatic rings. The molecule has 1 nitrogen and oxygen atoms in total. The van der Waals surface area contributed by atoms with E-state index in [-0.39, 0.29) is 5.41 Å². The molecule has 0 N–H and O–H groups in total. The summed E-state index contributed by atoms with van der Waals surface area (Å²) < 4.78 is 0. The highest BCUT2D eigenvalue weighted by atomic mass is 14.6. The first-order valence-corrected chi connectivity index (χ1v) is 6.79. The minimum atomic E-state index is 0.0399. The smallest absolute Gasteiger partial charge is 0.0625 e. The summed E-state index contributed by atoms with van der Waals surface area (Å²) in [4.78, 5) is 0. The van der Waals surface area contributed by atoms with Crippen LogP contribution in [0.4, 0.5) is 0 Å². The first-order valence-electron chi connectivity index (χ1n) is 6.79. The second kappa shape index (κ2) is 4.55. The van der Waals surface area contributed by atoms with E-state index in [1.807, 2.05) is 0 Å². The number of nitriles is 1. The number of hydrogen-bond donors (Lipinski definition) is 0. The highest BCUT2D eigenvalue weighted by Crippen LogP contribution is 2.64. The van der Waals surface area contributed by atoms with Crippen molar-refractivity contribution < 1.29 is 0 Å². The van der Waals surface area contributed by atoms with Gasteiger partial charge >= 0.3 is 0 Å². The summed E-state index contributed by atoms with van der Waals surface area (Å²) in [7, 11) is 0. The van der Waals surface area contributed by atoms with Gasteiger partial charge in [0.15, 0.2) is 0 Å². The maximum Gasteiger partial charge on any atom is 0.0625 e. The van der Waals surface area contributed by atoms with Gasteiger partial charge in [-0.3, -0.25) is 0 Å². The predicted octanol–water partition coefficient (Wildman–Crippen LogP) is 4.15. The van der Waals surface area contributed by atoms with Crippen LogP contribution in [0, 0.1) is 23.2 Å². The fraction of sp³-hybridized carbons (Fsp3) is 0.278. The fourth-order valence-corrected chi connectivity index (χ4v) is 3.63. The van der Waals surface area contributed by atoms with Crippen LogP contribution in [0.25, 0.3) is 0 Å². The van der Waals surface area contributed by atoms with E-state index in [9.17, 15) is 0 Å². The SMILES string of the molecule is C[C@@H]1[C@@H](CC#N)C1(c1ccccc1)c1ccccc1. The number of rotatable bonds is 3. The summed E-state index contributed by atoms with van der Waals surface area (Å²) in [6.45, 7) is 2.27. The summed E-state index contributed by atoms with van der Waals surface area (Å²) in [5.41, 5.74) is 2.72. The van der Waals surface area contributed by atoms with E-state index in [0.29, 0.717) is 18.3 Å². The van der Waals surface area contributed by atoms with Gasteiger partial charge in [-0.05, 0) is 23.0 Å². The molecule has 0 heterocycles. The molecular formula is C18H17N. The molecule has 1 heteroatoms. The molecule has 1 fully saturated rings. The molecule has 0 spiro atoms. The van der Waals surface area contributed by atoms with E-state index in [1.165, 1.54) is 11.1 Å². The van der Waals surface area contributed by atoms with Gasteiger partial charge in [0.1, 0.15) is 0 Å². The summed E-state index contributed by atoms with van der Waals surface area (Å²) >= 11 is 0. The van der Waals surface area contributed by atoms with Crippen LogP contribution in [-0.2, 0) is 5.41 Å². The second-order valence-corrected chi connectivity index (χ2v) is 5.36. The van der Waals surface area contributed by atoms with Crippen molar-refractivity contribution in [2.45, 2.75) is 18.8 Å². The third kappa shape index (κ3) is 1.68. The van der Waals surface area contributed by atoms with Crippen LogP contribution in [0.3, 0.4) is 0 Å². The Morgan fingerprint density at radius 1 is 0.947 bits per heavy atom. The normalized spacial score (nSPS) is 23.6. The summed E-state index contributed by atoms with van der Waals surface area (Å²) in [6.07, 6.45) is 0.630. The maximum absolute atomic E-state index is 9.07. The fourth-order valence-electron chi connectivity index (χ4n) is 3.63. The minimum Gasteiger partial charge on any atom is -0.198 e. The zero-order valence-electron chi connectivity index (χ0n) is 11.1. The molecule has 0 bridgehead atoms. The number of benzene rings is 2. The van der Waals surface area contributed by atoms with Crippen LogP contribution in [0.15, 0.2) is 60.7 Å². The van der Waals surface area contributed by atoms with Crippen LogP contribution >= 0.6 is 0 Å². The van der Waals surface area contributed by atoms with Crippen molar-refractivity contribution in [2.24, 2.45) is 11.8 Å². The highest BCUT2D eigenvalue weighted by Gasteiger charge is 2.63. The first kappa shape index (κ1) is 12.0. The summed E-state index contributed by atoms with van der Waals surface area (Å²) in [5, 5.41) is 9.07. The lowest BCUT2D eigenvalue weighted by atomic mass is 9.84. The zero-order valence-corrected chi connectivity index (χ0v) is 11.1. The second-order valence-electron chi connectivity index (χ2n) is 5.36. The van der Waals surface area contributed by atoms with Gasteiger partial charge in [-0.25, -0.2) is 0 Å². The molecular weight excluding hydrogens is 230 g/mol. The van der Waals surface area contributed by atoms with Crippen molar-refractivity contribution in [3.05, 3.63) is 71.8 Å². The Morgan fingerprint density at radius 2 is 1.42 bits per heavy atom. The van der Waals surface area contributed by atoms with Gasteiger partial charge < -0.3 is 0 Å². The average Bonchev–Trinajstić information content (AvgIpc) is 3.07. The average molecular weight is 247 g/mol. The zero-order chi connectivity index (χ0) is 13.3. The molecule has 0 amide bonds. The molecule has 0 radical (unpaired) electrons. The molecule has 0 aromatic heterocycles. The van der Waals surface area contributed by atoms with E-state index in [2.05, 4.69) is 73.7 Å². The van der Waals surface area contributed by atoms with E-state index >= 15 is 0 Å². The lowest BCUT2D eigenvalue weighted by molar-refractivity contribution is 0.708. The predicted molar refractivity (Wildman–Crippen MR) is 76.5 cm³/mol. The van der Waals surface area contributed by atoms with Gasteiger partial charge in [0.2, 0.25) is 0 Å². The summed E-state index contributed by atoms with van der Waals surface area (Å²) in [6, 6.07) is 23.6. The molecule has 2 aromatic carbocycles. The van der Waals surface area contributed by atoms with E-state index in [0.717, 1.165) is 0 Å². The minimum absolute atomic E-state index is 0.0399. The van der Waals surface area contributed by atoms with Crippen molar-refractivity contribution >= 4 is 0 Å². The molecule has 0 aliphatic heterocycles. The van der Waals surface area contributed by atoms with Gasteiger partial charge in [-0.2, -0.15) is 5.26 Å². The molecule has 94 valence electrons.